The lowest BCUT2D eigenvalue weighted by atomic mass is 10.4. The first-order valence-corrected chi connectivity index (χ1v) is 5.99. The van der Waals surface area contributed by atoms with Gasteiger partial charge in [-0.15, -0.1) is 0 Å². The predicted octanol–water partition coefficient (Wildman–Crippen LogP) is 1.15. The summed E-state index contributed by atoms with van der Waals surface area (Å²) in [6, 6.07) is 0.764. The first-order chi connectivity index (χ1) is 8.70. The Morgan fingerprint density at radius 3 is 2.56 bits per heavy atom. The number of nitrogens with two attached hydrogens (primary N) is 1. The van der Waals surface area contributed by atoms with Crippen LogP contribution in [0.5, 0.6) is 0 Å². The lowest BCUT2D eigenvalue weighted by molar-refractivity contribution is 0.352. The van der Waals surface area contributed by atoms with Crippen molar-refractivity contribution in [3.8, 4) is 0 Å². The number of aromatic nitrogens is 1. The maximum absolute atomic E-state index is 13.4. The van der Waals surface area contributed by atoms with E-state index in [1.807, 2.05) is 0 Å². The minimum absolute atomic E-state index is 0.0172. The molecule has 2 heterocycles. The van der Waals surface area contributed by atoms with Gasteiger partial charge in [0.05, 0.1) is 0 Å². The number of nitrogens with zero attached hydrogens (tertiary/aromatic N) is 2. The number of nitrogens with one attached hydrogen (secondary N) is 2. The molecule has 0 aliphatic carbocycles. The molecule has 0 radical (unpaired) electrons. The van der Waals surface area contributed by atoms with Gasteiger partial charge in [0, 0.05) is 19.2 Å². The topological polar surface area (TPSA) is 66.2 Å². The van der Waals surface area contributed by atoms with Gasteiger partial charge < -0.3 is 15.6 Å². The van der Waals surface area contributed by atoms with E-state index < -0.39 is 11.6 Å². The second kappa shape index (κ2) is 5.92. The molecular formula is C11H17F2N5. The molecule has 0 saturated carbocycles. The van der Waals surface area contributed by atoms with Crippen LogP contribution in [0.2, 0.25) is 0 Å². The standard InChI is InChI=1S/C11H17F2N5/c12-8-7-9(13)11(17-14)16-10(8)15-3-6-18-4-1-2-5-18/h7H,1-6,14H2,(H2,15,16,17). The molecule has 1 saturated heterocycles. The van der Waals surface area contributed by atoms with Gasteiger partial charge in [-0.1, -0.05) is 0 Å². The largest absolute Gasteiger partial charge is 0.366 e. The quantitative estimate of drug-likeness (QED) is 0.545. The number of hydrogen-bond acceptors (Lipinski definition) is 5. The van der Waals surface area contributed by atoms with Crippen molar-refractivity contribution < 1.29 is 8.78 Å². The van der Waals surface area contributed by atoms with Gasteiger partial charge in [-0.3, -0.25) is 0 Å². The Bertz CT molecular complexity index is 407. The number of anilines is 2. The molecule has 5 nitrogen and oxygen atoms in total. The van der Waals surface area contributed by atoms with E-state index in [1.165, 1.54) is 12.8 Å². The molecule has 1 aromatic heterocycles. The number of hydrazine groups is 1. The first-order valence-electron chi connectivity index (χ1n) is 5.99. The average molecular weight is 257 g/mol. The van der Waals surface area contributed by atoms with Crippen LogP contribution in [0.4, 0.5) is 20.4 Å². The van der Waals surface area contributed by atoms with Crippen molar-refractivity contribution in [1.29, 1.82) is 0 Å². The third-order valence-corrected chi connectivity index (χ3v) is 2.99. The third-order valence-electron chi connectivity index (χ3n) is 2.99. The molecule has 2 rings (SSSR count). The van der Waals surface area contributed by atoms with Crippen molar-refractivity contribution in [3.05, 3.63) is 17.7 Å². The van der Waals surface area contributed by atoms with Gasteiger partial charge in [-0.2, -0.15) is 0 Å². The molecule has 100 valence electrons. The summed E-state index contributed by atoms with van der Waals surface area (Å²) < 4.78 is 26.5. The molecule has 18 heavy (non-hydrogen) atoms. The van der Waals surface area contributed by atoms with Crippen molar-refractivity contribution in [1.82, 2.24) is 9.88 Å². The lowest BCUT2D eigenvalue weighted by Crippen LogP contribution is -2.26. The number of hydrogen-bond donors (Lipinski definition) is 3. The molecule has 0 atom stereocenters. The normalized spacial score (nSPS) is 15.9. The summed E-state index contributed by atoms with van der Waals surface area (Å²) in [5.41, 5.74) is 2.09. The zero-order valence-electron chi connectivity index (χ0n) is 10.0. The molecule has 0 aromatic carbocycles. The van der Waals surface area contributed by atoms with Crippen LogP contribution in [0.15, 0.2) is 6.07 Å². The Hall–Kier alpha value is -1.47. The van der Waals surface area contributed by atoms with Crippen molar-refractivity contribution in [3.63, 3.8) is 0 Å². The zero-order chi connectivity index (χ0) is 13.0. The maximum atomic E-state index is 13.4. The van der Waals surface area contributed by atoms with Gasteiger partial charge in [0.2, 0.25) is 0 Å². The van der Waals surface area contributed by atoms with E-state index in [0.717, 1.165) is 25.7 Å². The van der Waals surface area contributed by atoms with E-state index in [-0.39, 0.29) is 11.6 Å². The van der Waals surface area contributed by atoms with E-state index in [1.54, 1.807) is 0 Å². The van der Waals surface area contributed by atoms with Crippen LogP contribution in [0.25, 0.3) is 0 Å². The van der Waals surface area contributed by atoms with Gasteiger partial charge in [0.15, 0.2) is 23.3 Å². The average Bonchev–Trinajstić information content (AvgIpc) is 2.85. The number of halogens is 2. The molecule has 0 unspecified atom stereocenters. The molecular weight excluding hydrogens is 240 g/mol. The smallest absolute Gasteiger partial charge is 0.178 e. The lowest BCUT2D eigenvalue weighted by Gasteiger charge is -2.15. The number of nitrogen functional groups attached to an aromatic ring is 1. The van der Waals surface area contributed by atoms with Crippen LogP contribution in [-0.4, -0.2) is 36.1 Å². The van der Waals surface area contributed by atoms with Gasteiger partial charge in [0.1, 0.15) is 0 Å². The highest BCUT2D eigenvalue weighted by Gasteiger charge is 2.13. The molecule has 1 aromatic rings. The van der Waals surface area contributed by atoms with Crippen LogP contribution in [0.3, 0.4) is 0 Å². The van der Waals surface area contributed by atoms with Crippen molar-refractivity contribution in [2.45, 2.75) is 12.8 Å². The fraction of sp³-hybridized carbons (Fsp3) is 0.545. The fourth-order valence-corrected chi connectivity index (χ4v) is 2.03. The van der Waals surface area contributed by atoms with E-state index in [4.69, 9.17) is 5.84 Å². The molecule has 1 aliphatic heterocycles. The number of pyridine rings is 1. The Kier molecular flexibility index (Phi) is 4.27. The van der Waals surface area contributed by atoms with Crippen LogP contribution in [-0.2, 0) is 0 Å². The van der Waals surface area contributed by atoms with Gasteiger partial charge >= 0.3 is 0 Å². The first kappa shape index (κ1) is 13.0. The molecule has 0 amide bonds. The summed E-state index contributed by atoms with van der Waals surface area (Å²) in [7, 11) is 0. The summed E-state index contributed by atoms with van der Waals surface area (Å²) in [5, 5.41) is 2.85. The van der Waals surface area contributed by atoms with Crippen LogP contribution in [0, 0.1) is 11.6 Å². The van der Waals surface area contributed by atoms with Crippen LogP contribution in [0.1, 0.15) is 12.8 Å². The summed E-state index contributed by atoms with van der Waals surface area (Å²) in [6.07, 6.45) is 2.43. The van der Waals surface area contributed by atoms with Crippen molar-refractivity contribution >= 4 is 11.6 Å². The highest BCUT2D eigenvalue weighted by molar-refractivity contribution is 5.46. The molecule has 7 heteroatoms. The second-order valence-electron chi connectivity index (χ2n) is 4.27. The Morgan fingerprint density at radius 2 is 1.89 bits per heavy atom. The number of rotatable bonds is 5. The van der Waals surface area contributed by atoms with Gasteiger partial charge in [-0.25, -0.2) is 19.6 Å². The SMILES string of the molecule is NNc1nc(NCCN2CCCC2)c(F)cc1F. The van der Waals surface area contributed by atoms with E-state index in [2.05, 4.69) is 20.6 Å². The minimum Gasteiger partial charge on any atom is -0.366 e. The second-order valence-corrected chi connectivity index (χ2v) is 4.27. The van der Waals surface area contributed by atoms with Gasteiger partial charge in [-0.05, 0) is 25.9 Å². The summed E-state index contributed by atoms with van der Waals surface area (Å²) in [6.45, 7) is 3.55. The zero-order valence-corrected chi connectivity index (χ0v) is 10.0. The number of likely N-dealkylation sites (tertiary alicyclic amines) is 1. The Morgan fingerprint density at radius 1 is 1.22 bits per heavy atom. The third kappa shape index (κ3) is 3.05. The monoisotopic (exact) mass is 257 g/mol. The van der Waals surface area contributed by atoms with Crippen LogP contribution < -0.4 is 16.6 Å². The van der Waals surface area contributed by atoms with E-state index in [9.17, 15) is 8.78 Å². The molecule has 4 N–H and O–H groups in total. The maximum Gasteiger partial charge on any atom is 0.178 e. The predicted molar refractivity (Wildman–Crippen MR) is 66.1 cm³/mol. The summed E-state index contributed by atoms with van der Waals surface area (Å²) in [4.78, 5) is 6.03. The molecule has 1 aliphatic rings. The summed E-state index contributed by atoms with van der Waals surface area (Å²) in [5.74, 6) is 3.42. The summed E-state index contributed by atoms with van der Waals surface area (Å²) >= 11 is 0. The Labute approximate surface area is 104 Å². The van der Waals surface area contributed by atoms with Gasteiger partial charge in [0.25, 0.3) is 0 Å². The molecule has 0 spiro atoms. The molecule has 1 fully saturated rings. The van der Waals surface area contributed by atoms with Crippen molar-refractivity contribution in [2.75, 3.05) is 36.9 Å². The van der Waals surface area contributed by atoms with E-state index in [0.29, 0.717) is 6.54 Å². The Balaban J connectivity index is 1.91. The fourth-order valence-electron chi connectivity index (χ4n) is 2.03. The highest BCUT2D eigenvalue weighted by atomic mass is 19.1. The minimum atomic E-state index is -0.805. The van der Waals surface area contributed by atoms with Crippen molar-refractivity contribution in [2.24, 2.45) is 5.84 Å². The van der Waals surface area contributed by atoms with Crippen LogP contribution >= 0.6 is 0 Å². The highest BCUT2D eigenvalue weighted by Crippen LogP contribution is 2.18. The van der Waals surface area contributed by atoms with E-state index >= 15 is 0 Å². The molecule has 0 bridgehead atoms.